The molecule has 0 aromatic heterocycles. The molecule has 9 heteroatoms. The maximum atomic E-state index is 13.9. The highest BCUT2D eigenvalue weighted by atomic mass is 35.5. The van der Waals surface area contributed by atoms with Crippen LogP contribution in [0, 0.1) is 11.6 Å². The van der Waals surface area contributed by atoms with Gasteiger partial charge < -0.3 is 10.1 Å². The van der Waals surface area contributed by atoms with Crippen molar-refractivity contribution in [3.63, 3.8) is 0 Å². The average Bonchev–Trinajstić information content (AvgIpc) is 2.65. The Hall–Kier alpha value is -2.22. The first kappa shape index (κ1) is 22.1. The molecule has 2 aromatic rings. The number of amides is 1. The summed E-state index contributed by atoms with van der Waals surface area (Å²) in [6, 6.07) is 6.28. The minimum Gasteiger partial charge on any atom is -0.465 e. The third-order valence-electron chi connectivity index (χ3n) is 3.98. The second-order valence-electron chi connectivity index (χ2n) is 5.85. The van der Waals surface area contributed by atoms with E-state index in [9.17, 15) is 18.4 Å². The van der Waals surface area contributed by atoms with E-state index in [0.717, 1.165) is 12.1 Å². The molecule has 0 aliphatic heterocycles. The number of anilines is 1. The van der Waals surface area contributed by atoms with Crippen LogP contribution in [0.25, 0.3) is 0 Å². The van der Waals surface area contributed by atoms with Crippen molar-refractivity contribution >= 4 is 40.8 Å². The first-order valence-electron chi connectivity index (χ1n) is 8.29. The Morgan fingerprint density at radius 1 is 1.18 bits per heavy atom. The Balaban J connectivity index is 2.18. The van der Waals surface area contributed by atoms with Crippen LogP contribution in [-0.4, -0.2) is 37.0 Å². The van der Waals surface area contributed by atoms with Crippen LogP contribution < -0.4 is 5.32 Å². The summed E-state index contributed by atoms with van der Waals surface area (Å²) in [4.78, 5) is 25.9. The largest absolute Gasteiger partial charge is 0.465 e. The van der Waals surface area contributed by atoms with Crippen LogP contribution in [0.4, 0.5) is 14.5 Å². The number of benzene rings is 2. The molecule has 2 rings (SSSR count). The first-order chi connectivity index (χ1) is 13.3. The van der Waals surface area contributed by atoms with E-state index in [0.29, 0.717) is 6.54 Å². The zero-order chi connectivity index (χ0) is 20.8. The van der Waals surface area contributed by atoms with Gasteiger partial charge >= 0.3 is 5.97 Å². The number of ether oxygens (including phenoxy) is 1. The predicted molar refractivity (Wildman–Crippen MR) is 104 cm³/mol. The lowest BCUT2D eigenvalue weighted by atomic mass is 10.1. The lowest BCUT2D eigenvalue weighted by Gasteiger charge is -2.21. The van der Waals surface area contributed by atoms with Gasteiger partial charge in [0.25, 0.3) is 0 Å². The van der Waals surface area contributed by atoms with Gasteiger partial charge in [0, 0.05) is 17.1 Å². The molecule has 1 amide bonds. The van der Waals surface area contributed by atoms with E-state index in [-0.39, 0.29) is 39.9 Å². The predicted octanol–water partition coefficient (Wildman–Crippen LogP) is 4.52. The molecule has 5 nitrogen and oxygen atoms in total. The van der Waals surface area contributed by atoms with Gasteiger partial charge in [0.2, 0.25) is 5.91 Å². The van der Waals surface area contributed by atoms with Gasteiger partial charge in [-0.1, -0.05) is 36.2 Å². The monoisotopic (exact) mass is 430 g/mol. The Morgan fingerprint density at radius 3 is 2.39 bits per heavy atom. The number of esters is 1. The first-order valence-corrected chi connectivity index (χ1v) is 9.04. The van der Waals surface area contributed by atoms with Gasteiger partial charge in [-0.25, -0.2) is 13.6 Å². The topological polar surface area (TPSA) is 58.6 Å². The van der Waals surface area contributed by atoms with Crippen molar-refractivity contribution in [3.8, 4) is 0 Å². The SMILES string of the molecule is CCN(CC(=O)Nc1c(Cl)cc(Cl)cc1C(=O)OC)Cc1c(F)cccc1F. The molecule has 2 aromatic carbocycles. The molecule has 0 heterocycles. The van der Waals surface area contributed by atoms with E-state index in [1.807, 2.05) is 0 Å². The molecule has 0 saturated carbocycles. The van der Waals surface area contributed by atoms with E-state index in [2.05, 4.69) is 10.1 Å². The number of methoxy groups -OCH3 is 1. The van der Waals surface area contributed by atoms with Crippen LogP contribution in [0.1, 0.15) is 22.8 Å². The highest BCUT2D eigenvalue weighted by Crippen LogP contribution is 2.31. The molecule has 150 valence electrons. The summed E-state index contributed by atoms with van der Waals surface area (Å²) in [5.41, 5.74) is -0.0792. The number of nitrogens with zero attached hydrogens (tertiary/aromatic N) is 1. The van der Waals surface area contributed by atoms with Crippen molar-refractivity contribution in [2.24, 2.45) is 0 Å². The molecule has 0 radical (unpaired) electrons. The van der Waals surface area contributed by atoms with E-state index in [1.54, 1.807) is 11.8 Å². The van der Waals surface area contributed by atoms with Crippen LogP contribution in [0.15, 0.2) is 30.3 Å². The van der Waals surface area contributed by atoms with Crippen LogP contribution in [0.5, 0.6) is 0 Å². The highest BCUT2D eigenvalue weighted by molar-refractivity contribution is 6.37. The van der Waals surface area contributed by atoms with Crippen molar-refractivity contribution in [1.82, 2.24) is 4.90 Å². The smallest absolute Gasteiger partial charge is 0.340 e. The van der Waals surface area contributed by atoms with Crippen LogP contribution in [-0.2, 0) is 16.1 Å². The van der Waals surface area contributed by atoms with E-state index < -0.39 is 23.5 Å². The number of carbonyl (C=O) groups excluding carboxylic acids is 2. The molecular formula is C19H18Cl2F2N2O3. The molecule has 0 atom stereocenters. The lowest BCUT2D eigenvalue weighted by molar-refractivity contribution is -0.117. The third-order valence-corrected chi connectivity index (χ3v) is 4.50. The van der Waals surface area contributed by atoms with Gasteiger partial charge in [-0.15, -0.1) is 0 Å². The molecule has 0 unspecified atom stereocenters. The van der Waals surface area contributed by atoms with Crippen molar-refractivity contribution in [2.45, 2.75) is 13.5 Å². The Kier molecular flexibility index (Phi) is 7.74. The molecule has 0 fully saturated rings. The number of hydrogen-bond acceptors (Lipinski definition) is 4. The quantitative estimate of drug-likeness (QED) is 0.656. The van der Waals surface area contributed by atoms with Crippen LogP contribution in [0.2, 0.25) is 10.0 Å². The second-order valence-corrected chi connectivity index (χ2v) is 6.70. The van der Waals surface area contributed by atoms with Gasteiger partial charge in [-0.3, -0.25) is 9.69 Å². The van der Waals surface area contributed by atoms with Gasteiger partial charge in [0.15, 0.2) is 0 Å². The summed E-state index contributed by atoms with van der Waals surface area (Å²) in [7, 11) is 1.19. The number of nitrogens with one attached hydrogen (secondary N) is 1. The van der Waals surface area contributed by atoms with Gasteiger partial charge in [0.05, 0.1) is 29.9 Å². The maximum absolute atomic E-state index is 13.9. The van der Waals surface area contributed by atoms with Crippen molar-refractivity contribution in [2.75, 3.05) is 25.5 Å². The molecule has 0 bridgehead atoms. The fraction of sp³-hybridized carbons (Fsp3) is 0.263. The van der Waals surface area contributed by atoms with E-state index in [4.69, 9.17) is 23.2 Å². The lowest BCUT2D eigenvalue weighted by Crippen LogP contribution is -2.33. The number of hydrogen-bond donors (Lipinski definition) is 1. The molecule has 0 spiro atoms. The Bertz CT molecular complexity index is 873. The third kappa shape index (κ3) is 5.41. The van der Waals surface area contributed by atoms with Crippen molar-refractivity contribution in [3.05, 3.63) is 63.1 Å². The number of rotatable bonds is 7. The van der Waals surface area contributed by atoms with Gasteiger partial charge in [-0.2, -0.15) is 0 Å². The number of halogens is 4. The van der Waals surface area contributed by atoms with Gasteiger partial charge in [-0.05, 0) is 30.8 Å². The van der Waals surface area contributed by atoms with Crippen molar-refractivity contribution < 1.29 is 23.1 Å². The minimum absolute atomic E-state index is 0.00320. The standard InChI is InChI=1S/C19H18Cl2F2N2O3/c1-3-25(9-13-15(22)5-4-6-16(13)23)10-17(26)24-18-12(19(27)28-2)7-11(20)8-14(18)21/h4-8H,3,9-10H2,1-2H3,(H,24,26). The van der Waals surface area contributed by atoms with Crippen LogP contribution >= 0.6 is 23.2 Å². The minimum atomic E-state index is -0.722. The fourth-order valence-corrected chi connectivity index (χ4v) is 3.08. The molecule has 0 aliphatic carbocycles. The van der Waals surface area contributed by atoms with Crippen LogP contribution in [0.3, 0.4) is 0 Å². The van der Waals surface area contributed by atoms with E-state index >= 15 is 0 Å². The summed E-state index contributed by atoms with van der Waals surface area (Å²) in [5, 5.41) is 2.80. The fourth-order valence-electron chi connectivity index (χ4n) is 2.54. The highest BCUT2D eigenvalue weighted by Gasteiger charge is 2.20. The average molecular weight is 431 g/mol. The van der Waals surface area contributed by atoms with Crippen molar-refractivity contribution in [1.29, 1.82) is 0 Å². The van der Waals surface area contributed by atoms with E-state index in [1.165, 1.54) is 25.3 Å². The normalized spacial score (nSPS) is 10.8. The summed E-state index contributed by atoms with van der Waals surface area (Å²) >= 11 is 12.0. The molecule has 0 saturated heterocycles. The summed E-state index contributed by atoms with van der Waals surface area (Å²) in [6.45, 7) is 1.84. The maximum Gasteiger partial charge on any atom is 0.340 e. The zero-order valence-electron chi connectivity index (χ0n) is 15.2. The summed E-state index contributed by atoms with van der Waals surface area (Å²) < 4.78 is 32.4. The second kappa shape index (κ2) is 9.82. The molecule has 28 heavy (non-hydrogen) atoms. The molecule has 0 aliphatic rings. The van der Waals surface area contributed by atoms with Gasteiger partial charge in [0.1, 0.15) is 11.6 Å². The summed E-state index contributed by atoms with van der Waals surface area (Å²) in [6.07, 6.45) is 0. The Morgan fingerprint density at radius 2 is 1.82 bits per heavy atom. The Labute approximate surface area is 171 Å². The number of likely N-dealkylation sites (N-methyl/N-ethyl adjacent to an activating group) is 1. The summed E-state index contributed by atoms with van der Waals surface area (Å²) in [5.74, 6) is -2.62. The molecule has 1 N–H and O–H groups in total. The number of carbonyl (C=O) groups is 2. The zero-order valence-corrected chi connectivity index (χ0v) is 16.7. The molecular weight excluding hydrogens is 413 g/mol.